The van der Waals surface area contributed by atoms with Gasteiger partial charge < -0.3 is 15.7 Å². The molecule has 5 rings (SSSR count). The minimum absolute atomic E-state index is 0.00598. The second-order valence-electron chi connectivity index (χ2n) is 9.09. The molecule has 2 unspecified atom stereocenters. The largest absolute Gasteiger partial charge is 0.478 e. The average molecular weight is 478 g/mol. The average Bonchev–Trinajstić information content (AvgIpc) is 3.31. The van der Waals surface area contributed by atoms with Crippen LogP contribution in [0.1, 0.15) is 51.1 Å². The van der Waals surface area contributed by atoms with E-state index in [2.05, 4.69) is 15.4 Å². The zero-order valence-electron chi connectivity index (χ0n) is 19.0. The van der Waals surface area contributed by atoms with Crippen molar-refractivity contribution < 1.29 is 18.3 Å². The Balaban J connectivity index is 1.45. The molecule has 1 saturated heterocycles. The number of anilines is 2. The molecular formula is C26H27N3O4S. The Labute approximate surface area is 199 Å². The third-order valence-corrected chi connectivity index (χ3v) is 8.33. The van der Waals surface area contributed by atoms with Crippen LogP contribution < -0.4 is 15.4 Å². The lowest BCUT2D eigenvalue weighted by molar-refractivity contribution is 0.0697. The normalized spacial score (nSPS) is 21.3. The van der Waals surface area contributed by atoms with Crippen molar-refractivity contribution in [3.63, 3.8) is 0 Å². The van der Waals surface area contributed by atoms with Crippen LogP contribution >= 0.6 is 0 Å². The van der Waals surface area contributed by atoms with Gasteiger partial charge in [-0.1, -0.05) is 18.2 Å². The van der Waals surface area contributed by atoms with Gasteiger partial charge in [0.2, 0.25) is 0 Å². The van der Waals surface area contributed by atoms with E-state index in [9.17, 15) is 18.3 Å². The van der Waals surface area contributed by atoms with Crippen LogP contribution in [0.3, 0.4) is 0 Å². The van der Waals surface area contributed by atoms with Crippen LogP contribution in [0.2, 0.25) is 0 Å². The van der Waals surface area contributed by atoms with Crippen LogP contribution in [-0.2, 0) is 10.0 Å². The molecule has 0 aliphatic carbocycles. The van der Waals surface area contributed by atoms with Gasteiger partial charge >= 0.3 is 5.97 Å². The molecule has 0 spiro atoms. The number of hydrogen-bond acceptors (Lipinski definition) is 5. The van der Waals surface area contributed by atoms with E-state index in [0.717, 1.165) is 40.9 Å². The molecule has 2 aliphatic heterocycles. The third-order valence-electron chi connectivity index (χ3n) is 6.95. The van der Waals surface area contributed by atoms with Gasteiger partial charge in [-0.25, -0.2) is 13.2 Å². The predicted octanol–water partition coefficient (Wildman–Crippen LogP) is 4.62. The van der Waals surface area contributed by atoms with Crippen molar-refractivity contribution in [3.05, 3.63) is 88.5 Å². The van der Waals surface area contributed by atoms with Crippen molar-refractivity contribution in [2.75, 3.05) is 16.6 Å². The van der Waals surface area contributed by atoms with Gasteiger partial charge in [0.1, 0.15) is 0 Å². The summed E-state index contributed by atoms with van der Waals surface area (Å²) in [6.07, 6.45) is 0.931. The maximum absolute atomic E-state index is 13.1. The second kappa shape index (κ2) is 8.45. The zero-order valence-corrected chi connectivity index (χ0v) is 19.8. The van der Waals surface area contributed by atoms with Crippen molar-refractivity contribution in [2.45, 2.75) is 37.2 Å². The number of carbonyl (C=O) groups is 1. The Morgan fingerprint density at radius 2 is 1.74 bits per heavy atom. The molecule has 176 valence electrons. The van der Waals surface area contributed by atoms with Gasteiger partial charge in [-0.3, -0.25) is 4.72 Å². The molecule has 2 aliphatic rings. The first-order valence-corrected chi connectivity index (χ1v) is 12.8. The summed E-state index contributed by atoms with van der Waals surface area (Å²) in [5, 5.41) is 16.3. The number of hydrogen-bond donors (Lipinski definition) is 4. The van der Waals surface area contributed by atoms with Gasteiger partial charge in [0, 0.05) is 23.3 Å². The molecule has 34 heavy (non-hydrogen) atoms. The summed E-state index contributed by atoms with van der Waals surface area (Å²) in [5.41, 5.74) is 5.76. The van der Waals surface area contributed by atoms with Crippen LogP contribution in [0.4, 0.5) is 11.4 Å². The van der Waals surface area contributed by atoms with E-state index < -0.39 is 16.0 Å². The lowest BCUT2D eigenvalue weighted by Crippen LogP contribution is -2.32. The Morgan fingerprint density at radius 1 is 0.971 bits per heavy atom. The fourth-order valence-corrected chi connectivity index (χ4v) is 6.06. The van der Waals surface area contributed by atoms with E-state index >= 15 is 0 Å². The zero-order chi connectivity index (χ0) is 24.0. The van der Waals surface area contributed by atoms with E-state index in [-0.39, 0.29) is 28.5 Å². The molecule has 7 nitrogen and oxygen atoms in total. The van der Waals surface area contributed by atoms with Crippen LogP contribution in [0, 0.1) is 19.8 Å². The topological polar surface area (TPSA) is 108 Å². The highest BCUT2D eigenvalue weighted by Gasteiger charge is 2.40. The number of aromatic carboxylic acids is 1. The first-order valence-electron chi connectivity index (χ1n) is 11.3. The van der Waals surface area contributed by atoms with Gasteiger partial charge in [0.15, 0.2) is 0 Å². The minimum atomic E-state index is -3.74. The van der Waals surface area contributed by atoms with Gasteiger partial charge in [-0.05, 0) is 91.5 Å². The predicted molar refractivity (Wildman–Crippen MR) is 132 cm³/mol. The third kappa shape index (κ3) is 4.03. The molecule has 0 amide bonds. The van der Waals surface area contributed by atoms with E-state index in [1.807, 2.05) is 44.2 Å². The van der Waals surface area contributed by atoms with Crippen molar-refractivity contribution in [1.29, 1.82) is 0 Å². The fraction of sp³-hybridized carbons (Fsp3) is 0.269. The van der Waals surface area contributed by atoms with E-state index in [0.29, 0.717) is 5.69 Å². The summed E-state index contributed by atoms with van der Waals surface area (Å²) < 4.78 is 29.0. The molecule has 0 radical (unpaired) electrons. The lowest BCUT2D eigenvalue weighted by Gasteiger charge is -2.37. The molecular weight excluding hydrogens is 450 g/mol. The van der Waals surface area contributed by atoms with Crippen LogP contribution in [0.15, 0.2) is 65.6 Å². The first-order chi connectivity index (χ1) is 16.2. The fourth-order valence-electron chi connectivity index (χ4n) is 4.98. The lowest BCUT2D eigenvalue weighted by atomic mass is 9.80. The molecule has 3 aromatic carbocycles. The van der Waals surface area contributed by atoms with Crippen molar-refractivity contribution in [1.82, 2.24) is 5.32 Å². The quantitative estimate of drug-likeness (QED) is 0.427. The Kier molecular flexibility index (Phi) is 5.58. The number of rotatable bonds is 5. The Morgan fingerprint density at radius 3 is 2.44 bits per heavy atom. The molecule has 4 N–H and O–H groups in total. The summed E-state index contributed by atoms with van der Waals surface area (Å²) in [6.45, 7) is 4.77. The van der Waals surface area contributed by atoms with Gasteiger partial charge in [-0.2, -0.15) is 0 Å². The molecule has 3 aromatic rings. The summed E-state index contributed by atoms with van der Waals surface area (Å²) in [5.74, 6) is -0.731. The highest BCUT2D eigenvalue weighted by molar-refractivity contribution is 7.92. The summed E-state index contributed by atoms with van der Waals surface area (Å²) in [4.78, 5) is 11.4. The van der Waals surface area contributed by atoms with Crippen molar-refractivity contribution in [3.8, 4) is 0 Å². The van der Waals surface area contributed by atoms with Crippen LogP contribution in [-0.4, -0.2) is 26.0 Å². The van der Waals surface area contributed by atoms with Crippen molar-refractivity contribution in [2.24, 2.45) is 5.92 Å². The second-order valence-corrected chi connectivity index (χ2v) is 10.8. The van der Waals surface area contributed by atoms with Gasteiger partial charge in [0.05, 0.1) is 16.5 Å². The Bertz CT molecular complexity index is 1370. The number of nitrogens with one attached hydrogen (secondary N) is 3. The summed E-state index contributed by atoms with van der Waals surface area (Å²) in [6, 6.07) is 17.7. The maximum Gasteiger partial charge on any atom is 0.335 e. The summed E-state index contributed by atoms with van der Waals surface area (Å²) in [7, 11) is -3.74. The Hall–Kier alpha value is -3.36. The number of carboxylic acids is 1. The van der Waals surface area contributed by atoms with E-state index in [1.165, 1.54) is 0 Å². The smallest absolute Gasteiger partial charge is 0.335 e. The molecule has 8 heteroatoms. The number of fused-ring (bicyclic) bond motifs is 3. The number of aryl methyl sites for hydroxylation is 2. The van der Waals surface area contributed by atoms with Gasteiger partial charge in [0.25, 0.3) is 10.0 Å². The number of sulfonamides is 1. The highest BCUT2D eigenvalue weighted by atomic mass is 32.2. The van der Waals surface area contributed by atoms with Gasteiger partial charge in [-0.15, -0.1) is 0 Å². The molecule has 0 bridgehead atoms. The number of benzene rings is 3. The number of carboxylic acid groups (broad SMARTS) is 1. The summed E-state index contributed by atoms with van der Waals surface area (Å²) >= 11 is 0. The SMILES string of the molecule is Cc1ccc(NS(=O)(=O)c2ccc3c(c2)C2NCCC2[C@H](c2ccc(C(=O)O)cc2)N3)cc1C. The van der Waals surface area contributed by atoms with Crippen LogP contribution in [0.25, 0.3) is 0 Å². The first kappa shape index (κ1) is 22.4. The van der Waals surface area contributed by atoms with E-state index in [4.69, 9.17) is 0 Å². The molecule has 3 atom stereocenters. The van der Waals surface area contributed by atoms with Crippen molar-refractivity contribution >= 4 is 27.4 Å². The molecule has 1 fully saturated rings. The molecule has 2 heterocycles. The monoisotopic (exact) mass is 477 g/mol. The van der Waals surface area contributed by atoms with E-state index in [1.54, 1.807) is 30.3 Å². The highest BCUT2D eigenvalue weighted by Crippen LogP contribution is 2.47. The molecule has 0 saturated carbocycles. The molecule has 0 aromatic heterocycles. The van der Waals surface area contributed by atoms with Crippen LogP contribution in [0.5, 0.6) is 0 Å². The maximum atomic E-state index is 13.1. The standard InChI is InChI=1S/C26H27N3O4S/c1-15-3-8-19(13-16(15)2)29-34(32,33)20-9-10-23-22(14-20)25-21(11-12-27-25)24(28-23)17-4-6-18(7-5-17)26(30)31/h3-10,13-14,21,24-25,27-29H,11-12H2,1-2H3,(H,30,31)/t21?,24-,25?/m0/s1. The minimum Gasteiger partial charge on any atom is -0.478 e.